The topological polar surface area (TPSA) is 67.8 Å². The highest BCUT2D eigenvalue weighted by Crippen LogP contribution is 2.30. The number of methoxy groups -OCH3 is 1. The molecule has 0 fully saturated rings. The highest BCUT2D eigenvalue weighted by atomic mass is 32.1. The minimum absolute atomic E-state index is 0.372. The van der Waals surface area contributed by atoms with Gasteiger partial charge in [0.05, 0.1) is 11.6 Å². The second kappa shape index (κ2) is 11.0. The lowest BCUT2D eigenvalue weighted by Gasteiger charge is -2.15. The SMILES string of the molecule is CN=C(NCCc1nc(C(F)(F)F)cs1)NCc1ccc(C)cc1OCCOC. The smallest absolute Gasteiger partial charge is 0.434 e. The summed E-state index contributed by atoms with van der Waals surface area (Å²) in [5.41, 5.74) is 1.20. The Morgan fingerprint density at radius 1 is 1.24 bits per heavy atom. The molecule has 0 saturated carbocycles. The van der Waals surface area contributed by atoms with Gasteiger partial charge in [-0.3, -0.25) is 4.99 Å². The molecular formula is C19H25F3N4O2S. The highest BCUT2D eigenvalue weighted by Gasteiger charge is 2.33. The average molecular weight is 430 g/mol. The van der Waals surface area contributed by atoms with Gasteiger partial charge in [-0.05, 0) is 18.6 Å². The highest BCUT2D eigenvalue weighted by molar-refractivity contribution is 7.09. The van der Waals surface area contributed by atoms with E-state index in [0.29, 0.717) is 43.7 Å². The summed E-state index contributed by atoms with van der Waals surface area (Å²) in [5.74, 6) is 1.31. The molecule has 0 radical (unpaired) electrons. The maximum Gasteiger partial charge on any atom is 0.434 e. The molecule has 29 heavy (non-hydrogen) atoms. The minimum atomic E-state index is -4.41. The van der Waals surface area contributed by atoms with Crippen LogP contribution in [-0.2, 0) is 23.9 Å². The van der Waals surface area contributed by atoms with Crippen LogP contribution in [0.5, 0.6) is 5.75 Å². The summed E-state index contributed by atoms with van der Waals surface area (Å²) >= 11 is 1.00. The first-order valence-electron chi connectivity index (χ1n) is 9.01. The van der Waals surface area contributed by atoms with Crippen LogP contribution in [-0.4, -0.2) is 44.9 Å². The Morgan fingerprint density at radius 2 is 2.03 bits per heavy atom. The van der Waals surface area contributed by atoms with Crippen LogP contribution in [0.4, 0.5) is 13.2 Å². The van der Waals surface area contributed by atoms with Crippen molar-refractivity contribution in [3.8, 4) is 5.75 Å². The molecule has 0 bridgehead atoms. The van der Waals surface area contributed by atoms with Crippen molar-refractivity contribution >= 4 is 17.3 Å². The van der Waals surface area contributed by atoms with Gasteiger partial charge in [-0.2, -0.15) is 13.2 Å². The molecule has 1 aromatic carbocycles. The van der Waals surface area contributed by atoms with Gasteiger partial charge in [0, 0.05) is 44.6 Å². The van der Waals surface area contributed by atoms with E-state index in [1.54, 1.807) is 14.2 Å². The van der Waals surface area contributed by atoms with E-state index in [4.69, 9.17) is 9.47 Å². The van der Waals surface area contributed by atoms with Crippen LogP contribution in [0.2, 0.25) is 0 Å². The van der Waals surface area contributed by atoms with Gasteiger partial charge in [0.25, 0.3) is 0 Å². The van der Waals surface area contributed by atoms with Crippen LogP contribution in [0, 0.1) is 6.92 Å². The molecule has 2 aromatic rings. The Kier molecular flexibility index (Phi) is 8.71. The van der Waals surface area contributed by atoms with Gasteiger partial charge in [0.1, 0.15) is 12.4 Å². The van der Waals surface area contributed by atoms with Gasteiger partial charge in [-0.15, -0.1) is 11.3 Å². The molecule has 2 N–H and O–H groups in total. The predicted molar refractivity (Wildman–Crippen MR) is 108 cm³/mol. The molecule has 0 aliphatic rings. The fourth-order valence-corrected chi connectivity index (χ4v) is 3.23. The zero-order chi connectivity index (χ0) is 21.3. The van der Waals surface area contributed by atoms with Crippen molar-refractivity contribution in [2.45, 2.75) is 26.1 Å². The lowest BCUT2D eigenvalue weighted by Crippen LogP contribution is -2.38. The molecule has 0 aliphatic carbocycles. The van der Waals surface area contributed by atoms with E-state index < -0.39 is 11.9 Å². The number of hydrogen-bond acceptors (Lipinski definition) is 5. The third-order valence-corrected chi connectivity index (χ3v) is 4.82. The number of nitrogens with one attached hydrogen (secondary N) is 2. The summed E-state index contributed by atoms with van der Waals surface area (Å²) < 4.78 is 48.6. The number of aromatic nitrogens is 1. The molecule has 2 rings (SSSR count). The Morgan fingerprint density at radius 3 is 2.69 bits per heavy atom. The van der Waals surface area contributed by atoms with E-state index in [2.05, 4.69) is 20.6 Å². The van der Waals surface area contributed by atoms with Crippen LogP contribution in [0.15, 0.2) is 28.6 Å². The predicted octanol–water partition coefficient (Wildman–Crippen LogP) is 3.40. The maximum absolute atomic E-state index is 12.6. The summed E-state index contributed by atoms with van der Waals surface area (Å²) in [4.78, 5) is 7.76. The molecule has 6 nitrogen and oxygen atoms in total. The van der Waals surface area contributed by atoms with Crippen molar-refractivity contribution in [3.05, 3.63) is 45.4 Å². The zero-order valence-corrected chi connectivity index (χ0v) is 17.4. The first-order valence-corrected chi connectivity index (χ1v) is 9.89. The molecule has 0 atom stereocenters. The van der Waals surface area contributed by atoms with E-state index in [0.717, 1.165) is 33.6 Å². The molecule has 0 spiro atoms. The van der Waals surface area contributed by atoms with Crippen molar-refractivity contribution in [2.75, 3.05) is 33.9 Å². The summed E-state index contributed by atoms with van der Waals surface area (Å²) in [6.45, 7) is 3.83. The fraction of sp³-hybridized carbons (Fsp3) is 0.474. The number of thiazole rings is 1. The Bertz CT molecular complexity index is 809. The Hall–Kier alpha value is -2.33. The van der Waals surface area contributed by atoms with E-state index in [1.807, 2.05) is 25.1 Å². The number of rotatable bonds is 9. The molecule has 160 valence electrons. The second-order valence-electron chi connectivity index (χ2n) is 6.18. The quantitative estimate of drug-likeness (QED) is 0.363. The molecule has 0 aliphatic heterocycles. The van der Waals surface area contributed by atoms with Crippen molar-refractivity contribution in [1.82, 2.24) is 15.6 Å². The van der Waals surface area contributed by atoms with Crippen LogP contribution < -0.4 is 15.4 Å². The number of halogens is 3. The lowest BCUT2D eigenvalue weighted by atomic mass is 10.1. The third kappa shape index (κ3) is 7.54. The molecule has 10 heteroatoms. The molecule has 0 saturated heterocycles. The summed E-state index contributed by atoms with van der Waals surface area (Å²) in [7, 11) is 3.25. The minimum Gasteiger partial charge on any atom is -0.491 e. The monoisotopic (exact) mass is 430 g/mol. The molecule has 0 unspecified atom stereocenters. The van der Waals surface area contributed by atoms with Gasteiger partial charge < -0.3 is 20.1 Å². The first kappa shape index (κ1) is 23.0. The van der Waals surface area contributed by atoms with E-state index >= 15 is 0 Å². The van der Waals surface area contributed by atoms with Crippen molar-refractivity contribution in [1.29, 1.82) is 0 Å². The number of aliphatic imine (C=N–C) groups is 1. The number of aryl methyl sites for hydroxylation is 1. The molecule has 1 aromatic heterocycles. The van der Waals surface area contributed by atoms with E-state index in [1.165, 1.54) is 0 Å². The van der Waals surface area contributed by atoms with Gasteiger partial charge in [-0.25, -0.2) is 4.98 Å². The number of nitrogens with zero attached hydrogens (tertiary/aromatic N) is 2. The van der Waals surface area contributed by atoms with E-state index in [9.17, 15) is 13.2 Å². The standard InChI is InChI=1S/C19H25F3N4O2S/c1-13-4-5-14(15(10-13)28-9-8-27-3)11-25-18(23-2)24-7-6-17-26-16(12-29-17)19(20,21)22/h4-5,10,12H,6-9,11H2,1-3H3,(H2,23,24,25). The summed E-state index contributed by atoms with van der Waals surface area (Å²) in [6, 6.07) is 5.94. The second-order valence-corrected chi connectivity index (χ2v) is 7.12. The lowest BCUT2D eigenvalue weighted by molar-refractivity contribution is -0.140. The number of guanidine groups is 1. The zero-order valence-electron chi connectivity index (χ0n) is 16.6. The third-order valence-electron chi connectivity index (χ3n) is 3.91. The Labute approximate surface area is 172 Å². The summed E-state index contributed by atoms with van der Waals surface area (Å²) in [6.07, 6.45) is -4.03. The van der Waals surface area contributed by atoms with Crippen LogP contribution >= 0.6 is 11.3 Å². The van der Waals surface area contributed by atoms with Gasteiger partial charge >= 0.3 is 6.18 Å². The maximum atomic E-state index is 12.6. The summed E-state index contributed by atoms with van der Waals surface area (Å²) in [5, 5.41) is 7.72. The van der Waals surface area contributed by atoms with E-state index in [-0.39, 0.29) is 0 Å². The molecule has 0 amide bonds. The van der Waals surface area contributed by atoms with Crippen LogP contribution in [0.1, 0.15) is 21.8 Å². The van der Waals surface area contributed by atoms with Crippen molar-refractivity contribution < 1.29 is 22.6 Å². The van der Waals surface area contributed by atoms with Crippen molar-refractivity contribution in [2.24, 2.45) is 4.99 Å². The van der Waals surface area contributed by atoms with Crippen LogP contribution in [0.25, 0.3) is 0 Å². The number of alkyl halides is 3. The number of ether oxygens (including phenoxy) is 2. The average Bonchev–Trinajstić information content (AvgIpc) is 3.15. The molecular weight excluding hydrogens is 405 g/mol. The van der Waals surface area contributed by atoms with Crippen LogP contribution in [0.3, 0.4) is 0 Å². The van der Waals surface area contributed by atoms with Gasteiger partial charge in [0.2, 0.25) is 0 Å². The largest absolute Gasteiger partial charge is 0.491 e. The fourth-order valence-electron chi connectivity index (χ4n) is 2.42. The first-order chi connectivity index (χ1) is 13.8. The van der Waals surface area contributed by atoms with Gasteiger partial charge in [-0.1, -0.05) is 12.1 Å². The van der Waals surface area contributed by atoms with Gasteiger partial charge in [0.15, 0.2) is 11.7 Å². The number of hydrogen-bond donors (Lipinski definition) is 2. The number of benzene rings is 1. The Balaban J connectivity index is 1.85. The van der Waals surface area contributed by atoms with Crippen molar-refractivity contribution in [3.63, 3.8) is 0 Å². The normalized spacial score (nSPS) is 12.1. The molecule has 1 heterocycles.